The van der Waals surface area contributed by atoms with Gasteiger partial charge in [-0.2, -0.15) is 0 Å². The lowest BCUT2D eigenvalue weighted by molar-refractivity contribution is 0.251. The molecule has 120 valence electrons. The Kier molecular flexibility index (Phi) is 5.02. The van der Waals surface area contributed by atoms with E-state index in [9.17, 15) is 4.79 Å². The predicted octanol–water partition coefficient (Wildman–Crippen LogP) is 2.23. The third-order valence-electron chi connectivity index (χ3n) is 3.25. The largest absolute Gasteiger partial charge is 0.398 e. The third-order valence-corrected chi connectivity index (χ3v) is 3.60. The highest BCUT2D eigenvalue weighted by Gasteiger charge is 2.09. The normalized spacial score (nSPS) is 10.2. The second-order valence-corrected chi connectivity index (χ2v) is 5.32. The van der Waals surface area contributed by atoms with Crippen molar-refractivity contribution in [2.75, 3.05) is 11.1 Å². The summed E-state index contributed by atoms with van der Waals surface area (Å²) in [5, 5.41) is 13.2. The molecule has 7 N–H and O–H groups in total. The minimum atomic E-state index is -0.438. The zero-order chi connectivity index (χ0) is 17.0. The van der Waals surface area contributed by atoms with E-state index in [-0.39, 0.29) is 17.3 Å². The topological polar surface area (TPSA) is 130 Å². The number of amidine groups is 1. The molecule has 0 bridgehead atoms. The SMILES string of the molecule is Cc1cccc(Cl)c1CNC(=O)Nc1cc(N)c(C(=N)N)cn1. The van der Waals surface area contributed by atoms with Crippen LogP contribution < -0.4 is 22.1 Å². The van der Waals surface area contributed by atoms with E-state index in [1.807, 2.05) is 19.1 Å². The molecule has 1 aromatic carbocycles. The molecule has 1 heterocycles. The number of nitrogens with zero attached hydrogens (tertiary/aromatic N) is 1. The van der Waals surface area contributed by atoms with Crippen LogP contribution >= 0.6 is 11.6 Å². The number of amides is 2. The first kappa shape index (κ1) is 16.6. The van der Waals surface area contributed by atoms with Gasteiger partial charge in [-0.25, -0.2) is 9.78 Å². The van der Waals surface area contributed by atoms with Crippen LogP contribution in [0.1, 0.15) is 16.7 Å². The smallest absolute Gasteiger partial charge is 0.320 e. The Bertz CT molecular complexity index is 741. The van der Waals surface area contributed by atoms with Gasteiger partial charge in [0, 0.05) is 29.5 Å². The van der Waals surface area contributed by atoms with Crippen LogP contribution in [0.2, 0.25) is 5.02 Å². The van der Waals surface area contributed by atoms with E-state index in [2.05, 4.69) is 15.6 Å². The highest BCUT2D eigenvalue weighted by atomic mass is 35.5. The summed E-state index contributed by atoms with van der Waals surface area (Å²) < 4.78 is 0. The number of anilines is 2. The van der Waals surface area contributed by atoms with Gasteiger partial charge < -0.3 is 16.8 Å². The lowest BCUT2D eigenvalue weighted by Gasteiger charge is -2.11. The van der Waals surface area contributed by atoms with Crippen molar-refractivity contribution in [3.05, 3.63) is 52.2 Å². The van der Waals surface area contributed by atoms with E-state index in [1.165, 1.54) is 12.3 Å². The fraction of sp³-hybridized carbons (Fsp3) is 0.133. The molecule has 23 heavy (non-hydrogen) atoms. The summed E-state index contributed by atoms with van der Waals surface area (Å²) in [4.78, 5) is 15.9. The van der Waals surface area contributed by atoms with E-state index in [0.29, 0.717) is 17.1 Å². The number of rotatable bonds is 4. The fourth-order valence-corrected chi connectivity index (χ4v) is 2.27. The van der Waals surface area contributed by atoms with Crippen molar-refractivity contribution in [3.63, 3.8) is 0 Å². The maximum Gasteiger partial charge on any atom is 0.320 e. The molecule has 0 atom stereocenters. The van der Waals surface area contributed by atoms with Crippen molar-refractivity contribution in [2.24, 2.45) is 5.73 Å². The summed E-state index contributed by atoms with van der Waals surface area (Å²) in [6, 6.07) is 6.55. The highest BCUT2D eigenvalue weighted by Crippen LogP contribution is 2.19. The molecule has 0 aliphatic heterocycles. The summed E-state index contributed by atoms with van der Waals surface area (Å²) in [6.45, 7) is 2.21. The van der Waals surface area contributed by atoms with E-state index < -0.39 is 6.03 Å². The Balaban J connectivity index is 2.00. The number of pyridine rings is 1. The second kappa shape index (κ2) is 6.97. The number of aromatic nitrogens is 1. The lowest BCUT2D eigenvalue weighted by atomic mass is 10.1. The van der Waals surface area contributed by atoms with Crippen molar-refractivity contribution in [3.8, 4) is 0 Å². The molecule has 2 rings (SSSR count). The average molecular weight is 333 g/mol. The van der Waals surface area contributed by atoms with Crippen molar-refractivity contribution in [2.45, 2.75) is 13.5 Å². The molecule has 0 saturated carbocycles. The molecule has 0 unspecified atom stereocenters. The van der Waals surface area contributed by atoms with Gasteiger partial charge in [-0.1, -0.05) is 23.7 Å². The van der Waals surface area contributed by atoms with E-state index in [1.54, 1.807) is 6.07 Å². The molecule has 2 amide bonds. The predicted molar refractivity (Wildman–Crippen MR) is 91.7 cm³/mol. The van der Waals surface area contributed by atoms with Crippen molar-refractivity contribution < 1.29 is 4.79 Å². The first-order valence-corrected chi connectivity index (χ1v) is 7.15. The van der Waals surface area contributed by atoms with Crippen LogP contribution in [0.4, 0.5) is 16.3 Å². The Morgan fingerprint density at radius 3 is 2.78 bits per heavy atom. The number of nitrogens with two attached hydrogens (primary N) is 2. The van der Waals surface area contributed by atoms with Gasteiger partial charge in [0.25, 0.3) is 0 Å². The molecular formula is C15H17ClN6O. The van der Waals surface area contributed by atoms with E-state index in [4.69, 9.17) is 28.5 Å². The van der Waals surface area contributed by atoms with Gasteiger partial charge in [-0.15, -0.1) is 0 Å². The quantitative estimate of drug-likeness (QED) is 0.434. The maximum absolute atomic E-state index is 11.9. The standard InChI is InChI=1S/C15H17ClN6O/c1-8-3-2-4-11(16)9(8)6-21-15(23)22-13-5-12(17)10(7-20-13)14(18)19/h2-5,7H,6H2,1H3,(H3,18,19)(H4,17,20,21,22,23). The first-order chi connectivity index (χ1) is 10.9. The fourth-order valence-electron chi connectivity index (χ4n) is 1.98. The van der Waals surface area contributed by atoms with Crippen LogP contribution in [0.15, 0.2) is 30.5 Å². The Morgan fingerprint density at radius 1 is 1.43 bits per heavy atom. The number of nitrogens with one attached hydrogen (secondary N) is 3. The van der Waals surface area contributed by atoms with Gasteiger partial charge >= 0.3 is 6.03 Å². The van der Waals surface area contributed by atoms with Gasteiger partial charge in [0.1, 0.15) is 11.7 Å². The Hall–Kier alpha value is -2.80. The van der Waals surface area contributed by atoms with Crippen molar-refractivity contribution in [1.29, 1.82) is 5.41 Å². The van der Waals surface area contributed by atoms with Crippen molar-refractivity contribution >= 4 is 35.0 Å². The summed E-state index contributed by atoms with van der Waals surface area (Å²) in [6.07, 6.45) is 1.34. The van der Waals surface area contributed by atoms with Gasteiger partial charge in [0.2, 0.25) is 0 Å². The first-order valence-electron chi connectivity index (χ1n) is 6.77. The minimum Gasteiger partial charge on any atom is -0.398 e. The number of carbonyl (C=O) groups excluding carboxylic acids is 1. The monoisotopic (exact) mass is 332 g/mol. The number of nitrogen functional groups attached to an aromatic ring is 2. The molecule has 7 nitrogen and oxygen atoms in total. The number of benzene rings is 1. The number of aryl methyl sites for hydroxylation is 1. The summed E-state index contributed by atoms with van der Waals surface area (Å²) >= 11 is 6.11. The molecule has 0 aliphatic rings. The summed E-state index contributed by atoms with van der Waals surface area (Å²) in [7, 11) is 0. The molecule has 0 spiro atoms. The molecule has 0 fully saturated rings. The third kappa shape index (κ3) is 4.10. The number of urea groups is 1. The molecule has 0 aliphatic carbocycles. The Morgan fingerprint density at radius 2 is 2.17 bits per heavy atom. The van der Waals surface area contributed by atoms with E-state index in [0.717, 1.165) is 11.1 Å². The Labute approximate surface area is 138 Å². The van der Waals surface area contributed by atoms with Crippen LogP contribution in [0.25, 0.3) is 0 Å². The van der Waals surface area contributed by atoms with Gasteiger partial charge in [-0.3, -0.25) is 10.7 Å². The highest BCUT2D eigenvalue weighted by molar-refractivity contribution is 6.31. The molecule has 8 heteroatoms. The molecule has 1 aromatic heterocycles. The second-order valence-electron chi connectivity index (χ2n) is 4.91. The molecule has 2 aromatic rings. The van der Waals surface area contributed by atoms with E-state index >= 15 is 0 Å². The summed E-state index contributed by atoms with van der Waals surface area (Å²) in [5.74, 6) is 0.0843. The maximum atomic E-state index is 11.9. The van der Waals surface area contributed by atoms with Gasteiger partial charge in [0.05, 0.1) is 5.56 Å². The molecule has 0 saturated heterocycles. The molecular weight excluding hydrogens is 316 g/mol. The number of hydrogen-bond acceptors (Lipinski definition) is 4. The minimum absolute atomic E-state index is 0.180. The van der Waals surface area contributed by atoms with Crippen LogP contribution in [0, 0.1) is 12.3 Å². The zero-order valence-electron chi connectivity index (χ0n) is 12.5. The zero-order valence-corrected chi connectivity index (χ0v) is 13.2. The van der Waals surface area contributed by atoms with Crippen LogP contribution in [0.3, 0.4) is 0 Å². The number of halogens is 1. The van der Waals surface area contributed by atoms with Crippen LogP contribution in [-0.2, 0) is 6.54 Å². The van der Waals surface area contributed by atoms with Crippen LogP contribution in [-0.4, -0.2) is 16.9 Å². The number of carbonyl (C=O) groups is 1. The summed E-state index contributed by atoms with van der Waals surface area (Å²) in [5.41, 5.74) is 13.5. The van der Waals surface area contributed by atoms with Crippen LogP contribution in [0.5, 0.6) is 0 Å². The van der Waals surface area contributed by atoms with Gasteiger partial charge in [-0.05, 0) is 24.1 Å². The van der Waals surface area contributed by atoms with Crippen molar-refractivity contribution in [1.82, 2.24) is 10.3 Å². The van der Waals surface area contributed by atoms with Gasteiger partial charge in [0.15, 0.2) is 0 Å². The average Bonchev–Trinajstić information content (AvgIpc) is 2.46. The number of hydrogen-bond donors (Lipinski definition) is 5. The lowest BCUT2D eigenvalue weighted by Crippen LogP contribution is -2.29. The molecule has 0 radical (unpaired) electrons.